The zero-order valence-electron chi connectivity index (χ0n) is 14.8. The van der Waals surface area contributed by atoms with Crippen molar-refractivity contribution in [1.82, 2.24) is 14.8 Å². The Labute approximate surface area is 147 Å². The summed E-state index contributed by atoms with van der Waals surface area (Å²) in [4.78, 5) is 30.2. The predicted octanol–water partition coefficient (Wildman–Crippen LogP) is 2.40. The summed E-state index contributed by atoms with van der Waals surface area (Å²) < 4.78 is 0. The highest BCUT2D eigenvalue weighted by Crippen LogP contribution is 2.50. The van der Waals surface area contributed by atoms with Crippen molar-refractivity contribution in [3.63, 3.8) is 0 Å². The third kappa shape index (κ3) is 2.97. The van der Waals surface area contributed by atoms with Crippen molar-refractivity contribution in [3.05, 3.63) is 33.7 Å². The molecule has 1 aromatic heterocycles. The molecule has 6 heteroatoms. The van der Waals surface area contributed by atoms with Gasteiger partial charge in [0.1, 0.15) is 0 Å². The monoisotopic (exact) mass is 345 g/mol. The van der Waals surface area contributed by atoms with Gasteiger partial charge in [0.05, 0.1) is 0 Å². The molecule has 2 N–H and O–H groups in total. The zero-order valence-corrected chi connectivity index (χ0v) is 14.8. The van der Waals surface area contributed by atoms with Crippen LogP contribution in [0.3, 0.4) is 0 Å². The van der Waals surface area contributed by atoms with E-state index in [1.165, 1.54) is 0 Å². The first-order chi connectivity index (χ1) is 12.0. The number of carbonyl (C=O) groups is 1. The molecule has 1 aliphatic carbocycles. The first-order valence-corrected chi connectivity index (χ1v) is 9.38. The summed E-state index contributed by atoms with van der Waals surface area (Å²) in [6.07, 6.45) is 6.32. The largest absolute Gasteiger partial charge is 0.465 e. The second-order valence-electron chi connectivity index (χ2n) is 8.23. The minimum absolute atomic E-state index is 0.0702. The van der Waals surface area contributed by atoms with E-state index in [0.29, 0.717) is 25.0 Å². The van der Waals surface area contributed by atoms with Crippen LogP contribution in [0.4, 0.5) is 4.79 Å². The lowest BCUT2D eigenvalue weighted by molar-refractivity contribution is -0.00392. The minimum atomic E-state index is -0.774. The summed E-state index contributed by atoms with van der Waals surface area (Å²) in [5.74, 6) is 0.365. The summed E-state index contributed by atoms with van der Waals surface area (Å²) in [6, 6.07) is 2.59. The number of nitrogens with one attached hydrogen (secondary N) is 1. The molecule has 3 fully saturated rings. The van der Waals surface area contributed by atoms with Gasteiger partial charge in [0.25, 0.3) is 5.56 Å². The highest BCUT2D eigenvalue weighted by molar-refractivity contribution is 5.65. The highest BCUT2D eigenvalue weighted by atomic mass is 16.4. The molecule has 1 aromatic rings. The van der Waals surface area contributed by atoms with Gasteiger partial charge in [-0.15, -0.1) is 0 Å². The number of pyridine rings is 1. The molecule has 0 unspecified atom stereocenters. The zero-order chi connectivity index (χ0) is 17.6. The molecule has 0 radical (unpaired) electrons. The molecule has 4 rings (SSSR count). The van der Waals surface area contributed by atoms with Gasteiger partial charge in [-0.1, -0.05) is 0 Å². The second kappa shape index (κ2) is 6.16. The van der Waals surface area contributed by atoms with Crippen LogP contribution >= 0.6 is 0 Å². The van der Waals surface area contributed by atoms with E-state index in [1.807, 2.05) is 13.0 Å². The van der Waals surface area contributed by atoms with Crippen LogP contribution in [0.2, 0.25) is 0 Å². The van der Waals surface area contributed by atoms with Gasteiger partial charge in [-0.25, -0.2) is 4.79 Å². The Kier molecular flexibility index (Phi) is 4.10. The van der Waals surface area contributed by atoms with E-state index in [1.54, 1.807) is 11.1 Å². The Hall–Kier alpha value is -1.82. The molecule has 1 amide bonds. The molecule has 1 saturated carbocycles. The molecule has 0 aromatic carbocycles. The van der Waals surface area contributed by atoms with E-state index in [0.717, 1.165) is 56.3 Å². The average molecular weight is 345 g/mol. The van der Waals surface area contributed by atoms with Gasteiger partial charge < -0.3 is 19.9 Å². The number of aromatic nitrogens is 1. The molecule has 3 heterocycles. The number of aryl methyl sites for hydroxylation is 1. The number of hydrogen-bond acceptors (Lipinski definition) is 3. The van der Waals surface area contributed by atoms with E-state index < -0.39 is 6.09 Å². The number of rotatable bonds is 2. The van der Waals surface area contributed by atoms with Crippen LogP contribution in [0, 0.1) is 12.3 Å². The Balaban J connectivity index is 1.32. The van der Waals surface area contributed by atoms with E-state index in [-0.39, 0.29) is 11.0 Å². The van der Waals surface area contributed by atoms with Gasteiger partial charge in [0.15, 0.2) is 0 Å². The smallest absolute Gasteiger partial charge is 0.407 e. The van der Waals surface area contributed by atoms with Gasteiger partial charge in [0.2, 0.25) is 0 Å². The molecule has 0 bridgehead atoms. The van der Waals surface area contributed by atoms with Crippen LogP contribution in [0.25, 0.3) is 0 Å². The molecular formula is C19H27N3O3. The number of hydrogen-bond donors (Lipinski definition) is 2. The normalized spacial score (nSPS) is 30.6. The lowest BCUT2D eigenvalue weighted by Gasteiger charge is -2.51. The van der Waals surface area contributed by atoms with E-state index in [4.69, 9.17) is 5.11 Å². The van der Waals surface area contributed by atoms with Gasteiger partial charge in [-0.2, -0.15) is 0 Å². The van der Waals surface area contributed by atoms with Gasteiger partial charge in [0, 0.05) is 30.9 Å². The topological polar surface area (TPSA) is 76.6 Å². The van der Waals surface area contributed by atoms with Crippen molar-refractivity contribution in [2.45, 2.75) is 51.0 Å². The number of carboxylic acid groups (broad SMARTS) is 1. The predicted molar refractivity (Wildman–Crippen MR) is 95.0 cm³/mol. The van der Waals surface area contributed by atoms with E-state index in [2.05, 4.69) is 9.88 Å². The molecule has 6 nitrogen and oxygen atoms in total. The molecular weight excluding hydrogens is 318 g/mol. The maximum absolute atomic E-state index is 12.2. The summed E-state index contributed by atoms with van der Waals surface area (Å²) in [5, 5.41) is 9.15. The van der Waals surface area contributed by atoms with E-state index >= 15 is 0 Å². The lowest BCUT2D eigenvalue weighted by Crippen LogP contribution is -2.54. The summed E-state index contributed by atoms with van der Waals surface area (Å²) in [5.41, 5.74) is 2.39. The number of likely N-dealkylation sites (tertiary alicyclic amines) is 2. The Morgan fingerprint density at radius 1 is 1.28 bits per heavy atom. The number of piperidine rings is 1. The van der Waals surface area contributed by atoms with Crippen molar-refractivity contribution in [3.8, 4) is 0 Å². The fourth-order valence-corrected chi connectivity index (χ4v) is 5.28. The van der Waals surface area contributed by atoms with Crippen molar-refractivity contribution in [1.29, 1.82) is 0 Å². The fourth-order valence-electron chi connectivity index (χ4n) is 5.28. The number of H-pyrrole nitrogens is 1. The third-order valence-corrected chi connectivity index (χ3v) is 6.72. The molecule has 136 valence electrons. The van der Waals surface area contributed by atoms with Crippen LogP contribution < -0.4 is 5.56 Å². The van der Waals surface area contributed by atoms with Gasteiger partial charge in [-0.05, 0) is 75.1 Å². The van der Waals surface area contributed by atoms with E-state index in [9.17, 15) is 9.59 Å². The Bertz CT molecular complexity index is 715. The summed E-state index contributed by atoms with van der Waals surface area (Å²) in [7, 11) is 0. The minimum Gasteiger partial charge on any atom is -0.465 e. The van der Waals surface area contributed by atoms with Gasteiger partial charge in [-0.3, -0.25) is 4.79 Å². The SMILES string of the molecule is Cc1cc[nH]c(=O)c1C1CCN(C2CC3(CCN(C(=O)O)C3)C2)CC1. The first-order valence-electron chi connectivity index (χ1n) is 9.38. The maximum atomic E-state index is 12.2. The molecule has 2 saturated heterocycles. The molecule has 0 atom stereocenters. The molecule has 3 aliphatic rings. The maximum Gasteiger partial charge on any atom is 0.407 e. The van der Waals surface area contributed by atoms with Crippen molar-refractivity contribution >= 4 is 6.09 Å². The van der Waals surface area contributed by atoms with Crippen molar-refractivity contribution in [2.75, 3.05) is 26.2 Å². The second-order valence-corrected chi connectivity index (χ2v) is 8.23. The standard InChI is InChI=1S/C19H27N3O3/c1-13-2-6-20-17(23)16(13)14-3-7-21(8-4-14)15-10-19(11-15)5-9-22(12-19)18(24)25/h2,6,14-15H,3-5,7-12H2,1H3,(H,20,23)(H,24,25). The summed E-state index contributed by atoms with van der Waals surface area (Å²) in [6.45, 7) is 5.53. The third-order valence-electron chi connectivity index (χ3n) is 6.72. The van der Waals surface area contributed by atoms with Crippen LogP contribution in [0.1, 0.15) is 49.1 Å². The molecule has 2 aliphatic heterocycles. The van der Waals surface area contributed by atoms with Crippen LogP contribution in [0.5, 0.6) is 0 Å². The Morgan fingerprint density at radius 3 is 2.60 bits per heavy atom. The fraction of sp³-hybridized carbons (Fsp3) is 0.684. The van der Waals surface area contributed by atoms with Crippen LogP contribution in [-0.2, 0) is 0 Å². The van der Waals surface area contributed by atoms with Crippen LogP contribution in [-0.4, -0.2) is 58.2 Å². The molecule has 1 spiro atoms. The van der Waals surface area contributed by atoms with Gasteiger partial charge >= 0.3 is 6.09 Å². The number of aromatic amines is 1. The van der Waals surface area contributed by atoms with Crippen molar-refractivity contribution in [2.24, 2.45) is 5.41 Å². The van der Waals surface area contributed by atoms with Crippen LogP contribution in [0.15, 0.2) is 17.1 Å². The number of amides is 1. The summed E-state index contributed by atoms with van der Waals surface area (Å²) >= 11 is 0. The van der Waals surface area contributed by atoms with Crippen molar-refractivity contribution < 1.29 is 9.90 Å². The first kappa shape index (κ1) is 16.6. The molecule has 25 heavy (non-hydrogen) atoms. The quantitative estimate of drug-likeness (QED) is 0.863. The Morgan fingerprint density at radius 2 is 2.00 bits per heavy atom. The number of nitrogens with zero attached hydrogens (tertiary/aromatic N) is 2. The average Bonchev–Trinajstić information content (AvgIpc) is 3.00. The lowest BCUT2D eigenvalue weighted by atomic mass is 9.64. The highest BCUT2D eigenvalue weighted by Gasteiger charge is 2.51.